The molecule has 0 saturated carbocycles. The van der Waals surface area contributed by atoms with Crippen LogP contribution in [-0.4, -0.2) is 58.2 Å². The van der Waals surface area contributed by atoms with Crippen LogP contribution in [0.1, 0.15) is 28.7 Å². The molecule has 4 atom stereocenters. The number of aryl methyl sites for hydroxylation is 2. The zero-order valence-corrected chi connectivity index (χ0v) is 20.9. The highest BCUT2D eigenvalue weighted by Crippen LogP contribution is 2.22. The first kappa shape index (κ1) is 27.7. The van der Waals surface area contributed by atoms with Crippen molar-refractivity contribution in [1.29, 1.82) is 0 Å². The van der Waals surface area contributed by atoms with Crippen molar-refractivity contribution in [2.45, 2.75) is 51.2 Å². The normalized spacial score (nSPS) is 14.7. The summed E-state index contributed by atoms with van der Waals surface area (Å²) in [4.78, 5) is 25.2. The molecule has 2 aromatic rings. The number of rotatable bonds is 13. The third-order valence-corrected chi connectivity index (χ3v) is 6.54. The molecule has 0 aliphatic rings. The Morgan fingerprint density at radius 3 is 2.26 bits per heavy atom. The summed E-state index contributed by atoms with van der Waals surface area (Å²) in [5.41, 5.74) is 15.5. The predicted molar refractivity (Wildman–Crippen MR) is 136 cm³/mol. The highest BCUT2D eigenvalue weighted by molar-refractivity contribution is 7.90. The number of nitrogens with two attached hydrogens (primary N) is 2. The maximum atomic E-state index is 13.0. The summed E-state index contributed by atoms with van der Waals surface area (Å²) >= 11 is -1.10. The number of hydrogen-bond donors (Lipinski definition) is 5. The first-order valence-corrected chi connectivity index (χ1v) is 13.0. The van der Waals surface area contributed by atoms with Crippen LogP contribution in [-0.2, 0) is 33.6 Å². The maximum absolute atomic E-state index is 13.0. The fraction of sp³-hybridized carbons (Fsp3) is 0.440. The van der Waals surface area contributed by atoms with Gasteiger partial charge >= 0.3 is 0 Å². The largest absolute Gasteiger partial charge is 0.617 e. The highest BCUT2D eigenvalue weighted by Gasteiger charge is 2.27. The molecule has 8 nitrogen and oxygen atoms in total. The van der Waals surface area contributed by atoms with E-state index >= 15 is 0 Å². The molecule has 2 aromatic carbocycles. The number of amides is 2. The molecule has 0 aliphatic heterocycles. The molecule has 9 heteroatoms. The standard InChI is InChI=1S/C25H36N4O4S/c1-16-11-20(30)12-17(2)21(16)14-23(24(27)31)29-22(9-10-34(3)33)25(32)28-15-19(26)13-18-7-5-4-6-8-18/h4-8,11-12,19,22-23,29-30H,9-10,13-15,26H2,1-3H3,(H2,27,31)(H,28,32)/t19-,22+,23-,34?/m0/s1. The smallest absolute Gasteiger partial charge is 0.237 e. The van der Waals surface area contributed by atoms with Crippen molar-refractivity contribution in [1.82, 2.24) is 10.6 Å². The maximum Gasteiger partial charge on any atom is 0.237 e. The van der Waals surface area contributed by atoms with E-state index in [0.29, 0.717) is 12.2 Å². The van der Waals surface area contributed by atoms with Crippen LogP contribution in [0.3, 0.4) is 0 Å². The van der Waals surface area contributed by atoms with Crippen LogP contribution < -0.4 is 22.1 Å². The van der Waals surface area contributed by atoms with Crippen molar-refractivity contribution in [3.8, 4) is 5.75 Å². The lowest BCUT2D eigenvalue weighted by atomic mass is 9.95. The van der Waals surface area contributed by atoms with Gasteiger partial charge in [0.05, 0.1) is 18.3 Å². The van der Waals surface area contributed by atoms with Gasteiger partial charge in [-0.15, -0.1) is 0 Å². The molecule has 7 N–H and O–H groups in total. The van der Waals surface area contributed by atoms with Gasteiger partial charge in [-0.3, -0.25) is 14.9 Å². The summed E-state index contributed by atoms with van der Waals surface area (Å²) in [5, 5.41) is 15.7. The Labute approximate surface area is 204 Å². The van der Waals surface area contributed by atoms with Gasteiger partial charge in [0.1, 0.15) is 11.5 Å². The zero-order valence-electron chi connectivity index (χ0n) is 20.0. The Balaban J connectivity index is 2.08. The molecule has 0 fully saturated rings. The van der Waals surface area contributed by atoms with Crippen molar-refractivity contribution in [3.05, 3.63) is 64.7 Å². The lowest BCUT2D eigenvalue weighted by Crippen LogP contribution is -2.55. The highest BCUT2D eigenvalue weighted by atomic mass is 32.2. The second-order valence-electron chi connectivity index (χ2n) is 8.70. The van der Waals surface area contributed by atoms with E-state index in [9.17, 15) is 19.2 Å². The van der Waals surface area contributed by atoms with Crippen LogP contribution in [0.2, 0.25) is 0 Å². The number of carbonyl (C=O) groups excluding carboxylic acids is 2. The van der Waals surface area contributed by atoms with Crippen LogP contribution in [0.15, 0.2) is 42.5 Å². The van der Waals surface area contributed by atoms with E-state index in [1.54, 1.807) is 18.4 Å². The van der Waals surface area contributed by atoms with Gasteiger partial charge in [-0.2, -0.15) is 0 Å². The Morgan fingerprint density at radius 2 is 1.71 bits per heavy atom. The SMILES string of the molecule is Cc1cc(O)cc(C)c1C[C@H](N[C@H](CC[S+](C)[O-])C(=O)NC[C@@H](N)Cc1ccccc1)C(N)=O. The van der Waals surface area contributed by atoms with Gasteiger partial charge in [0.15, 0.2) is 0 Å². The quantitative estimate of drug-likeness (QED) is 0.263. The first-order chi connectivity index (χ1) is 16.1. The number of hydrogen-bond acceptors (Lipinski definition) is 6. The monoisotopic (exact) mass is 488 g/mol. The van der Waals surface area contributed by atoms with Crippen LogP contribution in [0, 0.1) is 13.8 Å². The molecule has 0 aliphatic carbocycles. The average molecular weight is 489 g/mol. The molecule has 34 heavy (non-hydrogen) atoms. The summed E-state index contributed by atoms with van der Waals surface area (Å²) in [7, 11) is 0. The molecule has 2 rings (SSSR count). The zero-order chi connectivity index (χ0) is 25.3. The van der Waals surface area contributed by atoms with Crippen LogP contribution in [0.5, 0.6) is 5.75 Å². The predicted octanol–water partition coefficient (Wildman–Crippen LogP) is 0.818. The number of aromatic hydroxyl groups is 1. The van der Waals surface area contributed by atoms with Crippen molar-refractivity contribution < 1.29 is 19.2 Å². The van der Waals surface area contributed by atoms with Crippen molar-refractivity contribution in [2.75, 3.05) is 18.6 Å². The van der Waals surface area contributed by atoms with Crippen molar-refractivity contribution in [2.24, 2.45) is 11.5 Å². The molecule has 0 radical (unpaired) electrons. The van der Waals surface area contributed by atoms with Gasteiger partial charge in [-0.25, -0.2) is 0 Å². The number of phenols is 1. The first-order valence-electron chi connectivity index (χ1n) is 11.3. The molecule has 186 valence electrons. The van der Waals surface area contributed by atoms with E-state index in [1.807, 2.05) is 44.2 Å². The van der Waals surface area contributed by atoms with E-state index in [4.69, 9.17) is 11.5 Å². The molecule has 0 aromatic heterocycles. The fourth-order valence-electron chi connectivity index (χ4n) is 3.90. The molecule has 2 amide bonds. The van der Waals surface area contributed by atoms with Gasteiger partial charge in [-0.05, 0) is 61.1 Å². The lowest BCUT2D eigenvalue weighted by Gasteiger charge is -2.25. The summed E-state index contributed by atoms with van der Waals surface area (Å²) in [6.45, 7) is 3.95. The number of primary amides is 1. The van der Waals surface area contributed by atoms with Gasteiger partial charge in [0, 0.05) is 19.0 Å². The van der Waals surface area contributed by atoms with Crippen molar-refractivity contribution >= 4 is 23.0 Å². The minimum Gasteiger partial charge on any atom is -0.617 e. The lowest BCUT2D eigenvalue weighted by molar-refractivity contribution is -0.124. The molecule has 0 spiro atoms. The summed E-state index contributed by atoms with van der Waals surface area (Å²) in [6, 6.07) is 11.2. The average Bonchev–Trinajstić information content (AvgIpc) is 2.76. The van der Waals surface area contributed by atoms with E-state index in [1.165, 1.54) is 0 Å². The summed E-state index contributed by atoms with van der Waals surface area (Å²) in [5.74, 6) is -0.469. The Hall–Kier alpha value is -2.59. The Morgan fingerprint density at radius 1 is 1.09 bits per heavy atom. The van der Waals surface area contributed by atoms with Crippen LogP contribution >= 0.6 is 0 Å². The molecular weight excluding hydrogens is 452 g/mol. The number of phenolic OH excluding ortho intramolecular Hbond substituents is 1. The minimum absolute atomic E-state index is 0.150. The van der Waals surface area contributed by atoms with E-state index < -0.39 is 29.2 Å². The Kier molecular flexibility index (Phi) is 10.8. The number of nitrogens with one attached hydrogen (secondary N) is 2. The molecule has 0 heterocycles. The third-order valence-electron chi connectivity index (χ3n) is 5.72. The van der Waals surface area contributed by atoms with Crippen LogP contribution in [0.25, 0.3) is 0 Å². The van der Waals surface area contributed by atoms with Gasteiger partial charge in [0.2, 0.25) is 11.8 Å². The molecule has 0 saturated heterocycles. The molecular formula is C25H36N4O4S. The van der Waals surface area contributed by atoms with E-state index in [-0.39, 0.29) is 37.1 Å². The van der Waals surface area contributed by atoms with E-state index in [2.05, 4.69) is 10.6 Å². The fourth-order valence-corrected chi connectivity index (χ4v) is 4.47. The summed E-state index contributed by atoms with van der Waals surface area (Å²) in [6.07, 6.45) is 2.72. The topological polar surface area (TPSA) is 154 Å². The summed E-state index contributed by atoms with van der Waals surface area (Å²) < 4.78 is 11.7. The number of benzene rings is 2. The third kappa shape index (κ3) is 8.98. The molecule has 0 bridgehead atoms. The van der Waals surface area contributed by atoms with E-state index in [0.717, 1.165) is 22.3 Å². The number of carbonyl (C=O) groups is 2. The molecule has 1 unspecified atom stereocenters. The Bertz CT molecular complexity index is 932. The van der Waals surface area contributed by atoms with Gasteiger partial charge in [0.25, 0.3) is 0 Å². The van der Waals surface area contributed by atoms with Crippen molar-refractivity contribution in [3.63, 3.8) is 0 Å². The minimum atomic E-state index is -1.10. The second kappa shape index (κ2) is 13.3. The van der Waals surface area contributed by atoms with Crippen LogP contribution in [0.4, 0.5) is 0 Å². The van der Waals surface area contributed by atoms with Gasteiger partial charge in [-0.1, -0.05) is 41.5 Å². The van der Waals surface area contributed by atoms with Gasteiger partial charge < -0.3 is 26.4 Å². The second-order valence-corrected chi connectivity index (χ2v) is 10.3.